The summed E-state index contributed by atoms with van der Waals surface area (Å²) in [5, 5.41) is 29.8. The van der Waals surface area contributed by atoms with Gasteiger partial charge in [0.05, 0.1) is 48.2 Å². The van der Waals surface area contributed by atoms with E-state index >= 15 is 0 Å². The third kappa shape index (κ3) is 22.8. The SMILES string of the molecule is Cc1ccccc1.Cn1c(=O)cc(Cl)n(Cc2cc(F)ccc2C#N)c1=O.Cn1c(=O)cc(N2CCC[C@@H](C(N)=O)C2)n(Cc2cc(F)ccc2C#N)c1=O.NC(=O)[C@@H]1CCCNC1.O=CO[O-].O=S=O.[H-].[K+].[K+]. The van der Waals surface area contributed by atoms with Gasteiger partial charge in [0, 0.05) is 45.9 Å². The average Bonchev–Trinajstić information content (AvgIpc) is 3.36. The van der Waals surface area contributed by atoms with Gasteiger partial charge in [-0.15, -0.1) is 0 Å². The van der Waals surface area contributed by atoms with Crippen molar-refractivity contribution in [2.75, 3.05) is 31.1 Å². The molecule has 7 rings (SSSR count). The number of carbonyl (C=O) groups excluding carboxylic acids is 3. The molecule has 2 fully saturated rings. The molecule has 0 spiro atoms. The molecule has 2 aliphatic rings. The largest absolute Gasteiger partial charge is 1.00 e. The van der Waals surface area contributed by atoms with Crippen LogP contribution >= 0.6 is 11.6 Å². The monoisotopic (exact) mass is 1100 g/mol. The number of anilines is 1. The second kappa shape index (κ2) is 36.3. The summed E-state index contributed by atoms with van der Waals surface area (Å²) < 4.78 is 47.8. The van der Waals surface area contributed by atoms with Crippen molar-refractivity contribution in [3.63, 3.8) is 0 Å². The molecule has 0 saturated carbocycles. The van der Waals surface area contributed by atoms with Crippen LogP contribution in [0.1, 0.15) is 54.9 Å². The number of hydrogen-bond acceptors (Lipinski definition) is 15. The number of nitrogens with one attached hydrogen (secondary N) is 1. The molecule has 4 heterocycles. The van der Waals surface area contributed by atoms with Crippen LogP contribution in [0.4, 0.5) is 14.6 Å². The Morgan fingerprint density at radius 2 is 1.29 bits per heavy atom. The van der Waals surface area contributed by atoms with Gasteiger partial charge in [0.25, 0.3) is 17.6 Å². The molecule has 0 aliphatic carbocycles. The predicted molar refractivity (Wildman–Crippen MR) is 255 cm³/mol. The number of nitrogens with zero attached hydrogens (tertiary/aromatic N) is 7. The summed E-state index contributed by atoms with van der Waals surface area (Å²) in [4.78, 5) is 83.5. The Morgan fingerprint density at radius 1 is 0.822 bits per heavy atom. The number of halogens is 3. The Bertz CT molecular complexity index is 3000. The maximum Gasteiger partial charge on any atom is 1.00 e. The third-order valence-electron chi connectivity index (χ3n) is 10.6. The van der Waals surface area contributed by atoms with Gasteiger partial charge >= 0.3 is 126 Å². The van der Waals surface area contributed by atoms with Gasteiger partial charge in [-0.1, -0.05) is 47.5 Å². The zero-order chi connectivity index (χ0) is 53.2. The molecule has 3 aromatic carbocycles. The molecule has 5 N–H and O–H groups in total. The summed E-state index contributed by atoms with van der Waals surface area (Å²) in [5.74, 6) is -1.62. The second-order valence-electron chi connectivity index (χ2n) is 15.4. The molecule has 380 valence electrons. The summed E-state index contributed by atoms with van der Waals surface area (Å²) >= 11 is 5.11. The standard InChI is InChI=1S/C19H20FN5O3.C13H9ClFN3O2.C7H8.C6H12N2O.CH2O3.2K.O2S.H/c1-23-17(26)8-16(24-6-2-3-13(10-24)18(22)27)25(19(23)28)11-14-7-15(20)5-4-12(14)9-21;1-17-12(19)5-11(14)18(13(17)20)7-9-4-10(15)3-2-8(9)6-16;1-7-5-3-2-4-6-7;7-6(9)5-2-1-3-8-4-5;2-1-4-3;;;1-3-2;/h4-5,7-8,13H,2-3,6,10-11H2,1H3,(H2,22,27);2-5H,7H2,1H3;2-6H,1H3;5,8H,1-4H2,(H2,7,9);1,3H;;;;/q;;;;;2*+1;;-1/p-1/t13-;;;5-;;;;;/m1..1...../s1. The van der Waals surface area contributed by atoms with Crippen molar-refractivity contribution in [1.82, 2.24) is 23.6 Å². The van der Waals surface area contributed by atoms with E-state index in [2.05, 4.69) is 29.3 Å². The Balaban J connectivity index is 0. The van der Waals surface area contributed by atoms with Crippen LogP contribution in [-0.2, 0) is 58.0 Å². The first kappa shape index (κ1) is 68.4. The molecule has 21 nitrogen and oxygen atoms in total. The van der Waals surface area contributed by atoms with E-state index < -0.39 is 51.6 Å². The molecule has 2 atom stereocenters. The summed E-state index contributed by atoms with van der Waals surface area (Å²) in [6.07, 6.45) is 3.36. The maximum absolute atomic E-state index is 13.7. The number of benzene rings is 3. The first-order valence-electron chi connectivity index (χ1n) is 21.1. The van der Waals surface area contributed by atoms with Crippen molar-refractivity contribution < 1.29 is 146 Å². The van der Waals surface area contributed by atoms with Crippen LogP contribution in [-0.4, -0.2) is 71.2 Å². The fourth-order valence-corrected chi connectivity index (χ4v) is 7.07. The number of rotatable bonds is 8. The zero-order valence-corrected chi connectivity index (χ0v) is 48.4. The number of nitriles is 2. The minimum Gasteiger partial charge on any atom is -1.00 e. The van der Waals surface area contributed by atoms with E-state index in [1.807, 2.05) is 30.3 Å². The number of carbonyl (C=O) groups is 3. The second-order valence-corrected chi connectivity index (χ2v) is 15.9. The van der Waals surface area contributed by atoms with E-state index in [1.165, 1.54) is 54.6 Å². The van der Waals surface area contributed by atoms with Crippen LogP contribution in [0.2, 0.25) is 5.15 Å². The maximum atomic E-state index is 13.7. The van der Waals surface area contributed by atoms with Crippen molar-refractivity contribution in [2.24, 2.45) is 37.4 Å². The molecule has 0 unspecified atom stereocenters. The number of aryl methyl sites for hydroxylation is 1. The van der Waals surface area contributed by atoms with E-state index in [-0.39, 0.29) is 164 Å². The number of primary amides is 2. The molecule has 73 heavy (non-hydrogen) atoms. The smallest absolute Gasteiger partial charge is 1.00 e. The van der Waals surface area contributed by atoms with Crippen LogP contribution in [0.25, 0.3) is 0 Å². The van der Waals surface area contributed by atoms with Gasteiger partial charge in [0.1, 0.15) is 22.6 Å². The predicted octanol–water partition coefficient (Wildman–Crippen LogP) is -5.08. The normalized spacial score (nSPS) is 13.9. The van der Waals surface area contributed by atoms with Crippen LogP contribution in [0.15, 0.2) is 98.0 Å². The summed E-state index contributed by atoms with van der Waals surface area (Å²) in [6.45, 7) is 4.37. The van der Waals surface area contributed by atoms with Gasteiger partial charge in [-0.2, -0.15) is 18.9 Å². The Kier molecular flexibility index (Phi) is 34.0. The molecule has 2 amide bonds. The van der Waals surface area contributed by atoms with Crippen LogP contribution < -0.4 is 152 Å². The van der Waals surface area contributed by atoms with Gasteiger partial charge in [-0.3, -0.25) is 42.2 Å². The molecule has 5 aromatic rings. The molecule has 0 bridgehead atoms. The summed E-state index contributed by atoms with van der Waals surface area (Å²) in [7, 11) is 2.67. The van der Waals surface area contributed by atoms with Crippen molar-refractivity contribution in [1.29, 1.82) is 10.5 Å². The van der Waals surface area contributed by atoms with Crippen LogP contribution in [0, 0.1) is 53.1 Å². The number of amides is 2. The minimum atomic E-state index is -0.750. The topological polar surface area (TPSA) is 321 Å². The van der Waals surface area contributed by atoms with Crippen molar-refractivity contribution in [3.05, 3.63) is 165 Å². The number of aromatic nitrogens is 4. The summed E-state index contributed by atoms with van der Waals surface area (Å²) in [5.41, 5.74) is 10.7. The van der Waals surface area contributed by atoms with Crippen molar-refractivity contribution in [2.45, 2.75) is 45.7 Å². The van der Waals surface area contributed by atoms with Gasteiger partial charge < -0.3 is 33.3 Å². The Labute approximate surface area is 512 Å². The first-order valence-corrected chi connectivity index (χ1v) is 22.2. The van der Waals surface area contributed by atoms with E-state index in [0.717, 1.165) is 57.8 Å². The quantitative estimate of drug-likeness (QED) is 0.0431. The van der Waals surface area contributed by atoms with E-state index in [4.69, 9.17) is 46.8 Å². The van der Waals surface area contributed by atoms with Crippen LogP contribution in [0.3, 0.4) is 0 Å². The first-order chi connectivity index (χ1) is 33.8. The van der Waals surface area contributed by atoms with Gasteiger partial charge in [0.2, 0.25) is 11.8 Å². The Morgan fingerprint density at radius 3 is 1.70 bits per heavy atom. The molecule has 2 aromatic heterocycles. The van der Waals surface area contributed by atoms with Gasteiger partial charge in [0.15, 0.2) is 0 Å². The van der Waals surface area contributed by atoms with Crippen molar-refractivity contribution >= 4 is 47.3 Å². The average molecular weight is 1100 g/mol. The van der Waals surface area contributed by atoms with Gasteiger partial charge in [-0.05, 0) is 86.7 Å². The molecule has 2 aliphatic heterocycles. The molecule has 27 heteroatoms. The molecular weight excluding hydrogens is 1050 g/mol. The van der Waals surface area contributed by atoms with E-state index in [1.54, 1.807) is 4.90 Å². The zero-order valence-electron chi connectivity index (χ0n) is 41.6. The van der Waals surface area contributed by atoms with E-state index in [0.29, 0.717) is 36.3 Å². The fraction of sp³-hybridized carbons (Fsp3) is 0.326. The number of nitrogens with two attached hydrogens (primary N) is 2. The van der Waals surface area contributed by atoms with Crippen LogP contribution in [0.5, 0.6) is 0 Å². The molecule has 0 radical (unpaired) electrons. The third-order valence-corrected chi connectivity index (χ3v) is 10.9. The van der Waals surface area contributed by atoms with E-state index in [9.17, 15) is 42.8 Å². The number of hydrogen-bond donors (Lipinski definition) is 3. The van der Waals surface area contributed by atoms with Gasteiger partial charge in [-0.25, -0.2) is 18.4 Å². The molecular formula is C46H51ClF2K2N10O11S. The number of piperidine rings is 2. The van der Waals surface area contributed by atoms with Crippen molar-refractivity contribution in [3.8, 4) is 12.1 Å². The Hall–Kier alpha value is -4.63. The minimum absolute atomic E-state index is 0. The fourth-order valence-electron chi connectivity index (χ4n) is 6.85. The summed E-state index contributed by atoms with van der Waals surface area (Å²) in [6, 6.07) is 23.9. The molecule has 2 saturated heterocycles.